The molecule has 316 valence electrons. The molecule has 0 fully saturated rings. The average molecular weight is 921 g/mol. The Bertz CT molecular complexity index is 2970. The smallest absolute Gasteiger partial charge is 0.744 e. The number of hydrogen-bond acceptors (Lipinski definition) is 6. The third-order valence-corrected chi connectivity index (χ3v) is 12.0. The molecular formula is C56H42Na2O6S2. The van der Waals surface area contributed by atoms with E-state index in [1.165, 1.54) is 12.1 Å². The van der Waals surface area contributed by atoms with E-state index in [-0.39, 0.29) is 68.9 Å². The summed E-state index contributed by atoms with van der Waals surface area (Å²) in [6, 6.07) is 63.6. The van der Waals surface area contributed by atoms with Crippen LogP contribution in [0.1, 0.15) is 44.5 Å². The fraction of sp³-hybridized carbons (Fsp3) is 0. The minimum atomic E-state index is -4.63. The SMILES string of the molecule is O=S(=O)([O-])c1ccccc1-c1cccc(C=Cc2ccccc2)c1C=Cc1ccccc1.O=S(=O)([O-])c1ccccc1-c1cccc(C=Cc2ccccc2)c1C=Cc1ccccc1.[Na+].[Na+]. The molecule has 0 saturated heterocycles. The largest absolute Gasteiger partial charge is 1.00 e. The molecule has 8 aromatic carbocycles. The predicted molar refractivity (Wildman–Crippen MR) is 261 cm³/mol. The Morgan fingerprint density at radius 3 is 0.833 bits per heavy atom. The quantitative estimate of drug-likeness (QED) is 0.0728. The second-order valence-corrected chi connectivity index (χ2v) is 17.2. The summed E-state index contributed by atoms with van der Waals surface area (Å²) in [7, 11) is -9.25. The van der Waals surface area contributed by atoms with Crippen molar-refractivity contribution in [1.82, 2.24) is 0 Å². The molecule has 0 aromatic heterocycles. The van der Waals surface area contributed by atoms with Crippen molar-refractivity contribution < 1.29 is 85.1 Å². The van der Waals surface area contributed by atoms with Crippen LogP contribution in [-0.4, -0.2) is 25.9 Å². The molecule has 0 radical (unpaired) electrons. The van der Waals surface area contributed by atoms with Crippen LogP contribution >= 0.6 is 0 Å². The molecule has 8 aromatic rings. The van der Waals surface area contributed by atoms with Gasteiger partial charge in [-0.1, -0.05) is 243 Å². The van der Waals surface area contributed by atoms with E-state index in [4.69, 9.17) is 0 Å². The molecule has 0 heterocycles. The summed E-state index contributed by atoms with van der Waals surface area (Å²) < 4.78 is 71.6. The predicted octanol–water partition coefficient (Wildman–Crippen LogP) is 7.21. The Hall–Kier alpha value is -5.46. The molecule has 10 heteroatoms. The van der Waals surface area contributed by atoms with E-state index in [1.807, 2.05) is 206 Å². The van der Waals surface area contributed by atoms with Gasteiger partial charge < -0.3 is 9.11 Å². The summed E-state index contributed by atoms with van der Waals surface area (Å²) in [6.45, 7) is 0. The molecule has 0 saturated carbocycles. The standard InChI is InChI=1S/2C28H22O3S.2Na/c2*29-32(30,31)28-17-8-7-15-27(28)26-16-9-14-24(20-18-22-10-3-1-4-11-22)25(26)21-19-23-12-5-2-6-13-23;;/h2*1-21H,(H,29,30,31);;/q;;2*+1/p-2. The van der Waals surface area contributed by atoms with Crippen LogP contribution in [0.5, 0.6) is 0 Å². The number of benzene rings is 8. The summed E-state index contributed by atoms with van der Waals surface area (Å²) in [6.07, 6.45) is 15.9. The molecule has 8 rings (SSSR count). The van der Waals surface area contributed by atoms with Gasteiger partial charge in [0.05, 0.1) is 9.79 Å². The Morgan fingerprint density at radius 2 is 0.530 bits per heavy atom. The minimum absolute atomic E-state index is 0. The first kappa shape index (κ1) is 51.5. The molecule has 66 heavy (non-hydrogen) atoms. The van der Waals surface area contributed by atoms with Crippen molar-refractivity contribution >= 4 is 68.8 Å². The molecule has 0 atom stereocenters. The first-order valence-corrected chi connectivity index (χ1v) is 23.2. The van der Waals surface area contributed by atoms with Gasteiger partial charge in [0.25, 0.3) is 0 Å². The van der Waals surface area contributed by atoms with Gasteiger partial charge in [-0.3, -0.25) is 0 Å². The van der Waals surface area contributed by atoms with Crippen molar-refractivity contribution in [2.24, 2.45) is 0 Å². The Kier molecular flexibility index (Phi) is 19.4. The van der Waals surface area contributed by atoms with Gasteiger partial charge in [-0.25, -0.2) is 16.8 Å². The maximum atomic E-state index is 11.9. The maximum absolute atomic E-state index is 11.9. The van der Waals surface area contributed by atoms with E-state index in [2.05, 4.69) is 0 Å². The van der Waals surface area contributed by atoms with Crippen molar-refractivity contribution in [2.45, 2.75) is 9.79 Å². The minimum Gasteiger partial charge on any atom is -0.744 e. The summed E-state index contributed by atoms with van der Waals surface area (Å²) in [5.74, 6) is 0. The van der Waals surface area contributed by atoms with E-state index >= 15 is 0 Å². The molecule has 6 nitrogen and oxygen atoms in total. The normalized spacial score (nSPS) is 11.5. The van der Waals surface area contributed by atoms with Gasteiger partial charge in [-0.15, -0.1) is 0 Å². The Labute approximate surface area is 432 Å². The van der Waals surface area contributed by atoms with Crippen LogP contribution in [0.2, 0.25) is 0 Å². The zero-order valence-electron chi connectivity index (χ0n) is 36.5. The maximum Gasteiger partial charge on any atom is 1.00 e. The van der Waals surface area contributed by atoms with Gasteiger partial charge in [0.1, 0.15) is 20.2 Å². The molecule has 0 spiro atoms. The van der Waals surface area contributed by atoms with Gasteiger partial charge in [0.2, 0.25) is 0 Å². The van der Waals surface area contributed by atoms with E-state index in [1.54, 1.807) is 36.4 Å². The molecule has 0 aliphatic carbocycles. The van der Waals surface area contributed by atoms with Gasteiger partial charge in [-0.05, 0) is 78.9 Å². The van der Waals surface area contributed by atoms with E-state index in [0.717, 1.165) is 44.5 Å². The second kappa shape index (κ2) is 24.9. The fourth-order valence-corrected chi connectivity index (χ4v) is 8.49. The molecule has 0 amide bonds. The van der Waals surface area contributed by atoms with Crippen LogP contribution < -0.4 is 59.1 Å². The van der Waals surface area contributed by atoms with E-state index < -0.39 is 20.2 Å². The van der Waals surface area contributed by atoms with Crippen molar-refractivity contribution in [2.75, 3.05) is 0 Å². The summed E-state index contributed by atoms with van der Waals surface area (Å²) >= 11 is 0. The van der Waals surface area contributed by atoms with E-state index in [0.29, 0.717) is 22.3 Å². The van der Waals surface area contributed by atoms with Crippen LogP contribution in [0.3, 0.4) is 0 Å². The fourth-order valence-electron chi connectivity index (χ4n) is 7.10. The summed E-state index contributed by atoms with van der Waals surface area (Å²) in [4.78, 5) is -0.447. The zero-order valence-corrected chi connectivity index (χ0v) is 42.1. The van der Waals surface area contributed by atoms with Crippen molar-refractivity contribution in [3.8, 4) is 22.3 Å². The van der Waals surface area contributed by atoms with Crippen LogP contribution in [0.25, 0.3) is 70.9 Å². The van der Waals surface area contributed by atoms with Crippen LogP contribution in [-0.2, 0) is 20.2 Å². The van der Waals surface area contributed by atoms with Crippen molar-refractivity contribution in [1.29, 1.82) is 0 Å². The van der Waals surface area contributed by atoms with Gasteiger partial charge in [-0.2, -0.15) is 0 Å². The molecular weight excluding hydrogens is 879 g/mol. The Morgan fingerprint density at radius 1 is 0.273 bits per heavy atom. The van der Waals surface area contributed by atoms with Crippen molar-refractivity contribution in [3.63, 3.8) is 0 Å². The number of hydrogen-bond donors (Lipinski definition) is 0. The third-order valence-electron chi connectivity index (χ3n) is 10.2. The van der Waals surface area contributed by atoms with Crippen LogP contribution in [0.4, 0.5) is 0 Å². The summed E-state index contributed by atoms with van der Waals surface area (Å²) in [5.41, 5.74) is 9.79. The molecule has 0 N–H and O–H groups in total. The van der Waals surface area contributed by atoms with Gasteiger partial charge >= 0.3 is 59.1 Å². The van der Waals surface area contributed by atoms with E-state index in [9.17, 15) is 25.9 Å². The molecule has 0 aliphatic rings. The first-order chi connectivity index (χ1) is 31.0. The van der Waals surface area contributed by atoms with Crippen LogP contribution in [0.15, 0.2) is 216 Å². The Balaban J connectivity index is 0.000000240. The molecule has 0 aliphatic heterocycles. The van der Waals surface area contributed by atoms with Crippen molar-refractivity contribution in [3.05, 3.63) is 251 Å². The average Bonchev–Trinajstić information content (AvgIpc) is 3.32. The van der Waals surface area contributed by atoms with Crippen LogP contribution in [0, 0.1) is 0 Å². The first-order valence-electron chi connectivity index (χ1n) is 20.3. The zero-order chi connectivity index (χ0) is 44.8. The molecule has 0 bridgehead atoms. The monoisotopic (exact) mass is 920 g/mol. The third kappa shape index (κ3) is 14.3. The summed E-state index contributed by atoms with van der Waals surface area (Å²) in [5, 5.41) is 0. The van der Waals surface area contributed by atoms with Gasteiger partial charge in [0.15, 0.2) is 0 Å². The topological polar surface area (TPSA) is 114 Å². The molecule has 0 unspecified atom stereocenters. The van der Waals surface area contributed by atoms with Gasteiger partial charge in [0, 0.05) is 0 Å². The number of rotatable bonds is 12. The second-order valence-electron chi connectivity index (χ2n) is 14.5.